The third-order valence-electron chi connectivity index (χ3n) is 8.21. The van der Waals surface area contributed by atoms with Crippen LogP contribution in [-0.2, 0) is 6.18 Å². The number of carbonyl (C=O) groups excluding carboxylic acids is 2. The Morgan fingerprint density at radius 2 is 1.67 bits per heavy atom. The van der Waals surface area contributed by atoms with Crippen LogP contribution >= 0.6 is 23.2 Å². The van der Waals surface area contributed by atoms with Crippen LogP contribution in [0.1, 0.15) is 52.4 Å². The number of hydrogen-bond acceptors (Lipinski definition) is 4. The summed E-state index contributed by atoms with van der Waals surface area (Å²) >= 11 is 12.5. The molecular weight excluding hydrogens is 645 g/mol. The van der Waals surface area contributed by atoms with Crippen molar-refractivity contribution in [3.8, 4) is 0 Å². The van der Waals surface area contributed by atoms with Gasteiger partial charge in [-0.1, -0.05) is 47.5 Å². The minimum absolute atomic E-state index is 0.165. The van der Waals surface area contributed by atoms with Crippen LogP contribution in [-0.4, -0.2) is 75.1 Å². The van der Waals surface area contributed by atoms with E-state index >= 15 is 0 Å². The van der Waals surface area contributed by atoms with Gasteiger partial charge in [0.1, 0.15) is 5.82 Å². The zero-order valence-corrected chi connectivity index (χ0v) is 27.3. The summed E-state index contributed by atoms with van der Waals surface area (Å²) in [4.78, 5) is 31.0. The van der Waals surface area contributed by atoms with Gasteiger partial charge >= 0.3 is 12.2 Å². The summed E-state index contributed by atoms with van der Waals surface area (Å²) in [6, 6.07) is 14.6. The Morgan fingerprint density at radius 3 is 2.33 bits per heavy atom. The molecule has 0 bridgehead atoms. The first-order valence-corrected chi connectivity index (χ1v) is 15.6. The maximum atomic E-state index is 14.1. The lowest BCUT2D eigenvalue weighted by Gasteiger charge is -2.38. The highest BCUT2D eigenvalue weighted by Gasteiger charge is 2.32. The van der Waals surface area contributed by atoms with E-state index < -0.39 is 23.5 Å². The topological polar surface area (TPSA) is 67.9 Å². The van der Waals surface area contributed by atoms with E-state index in [0.717, 1.165) is 49.1 Å². The zero-order valence-electron chi connectivity index (χ0n) is 25.8. The number of urea groups is 1. The molecule has 248 valence electrons. The SMILES string of the molecule is CNC(=O)N[C@H](C)c1ccccc1N1CCN(CC[C@H](CN(C)C(=O)c2cc(F)cc(C(F)(F)F)c2)c2ccc(Cl)c(Cl)c2)CC1. The fourth-order valence-electron chi connectivity index (χ4n) is 5.68. The van der Waals surface area contributed by atoms with E-state index in [1.165, 1.54) is 11.9 Å². The molecule has 0 saturated carbocycles. The van der Waals surface area contributed by atoms with Gasteiger partial charge in [-0.15, -0.1) is 0 Å². The summed E-state index contributed by atoms with van der Waals surface area (Å²) in [5.41, 5.74) is 1.32. The van der Waals surface area contributed by atoms with Gasteiger partial charge < -0.3 is 20.4 Å². The maximum absolute atomic E-state index is 14.1. The fourth-order valence-corrected chi connectivity index (χ4v) is 5.99. The van der Waals surface area contributed by atoms with Crippen LogP contribution < -0.4 is 15.5 Å². The number of para-hydroxylation sites is 1. The molecule has 46 heavy (non-hydrogen) atoms. The minimum atomic E-state index is -4.79. The normalized spacial score (nSPS) is 15.3. The van der Waals surface area contributed by atoms with E-state index in [1.54, 1.807) is 19.2 Å². The highest BCUT2D eigenvalue weighted by Crippen LogP contribution is 2.33. The highest BCUT2D eigenvalue weighted by molar-refractivity contribution is 6.42. The number of likely N-dealkylation sites (N-methyl/N-ethyl adjacent to an activating group) is 1. The lowest BCUT2D eigenvalue weighted by atomic mass is 9.94. The van der Waals surface area contributed by atoms with Crippen LogP contribution in [0.2, 0.25) is 10.0 Å². The van der Waals surface area contributed by atoms with Gasteiger partial charge in [-0.25, -0.2) is 9.18 Å². The first-order valence-electron chi connectivity index (χ1n) is 14.9. The van der Waals surface area contributed by atoms with Crippen LogP contribution in [0.3, 0.4) is 0 Å². The number of benzene rings is 3. The zero-order chi connectivity index (χ0) is 33.6. The molecule has 13 heteroatoms. The van der Waals surface area contributed by atoms with E-state index in [1.807, 2.05) is 31.2 Å². The van der Waals surface area contributed by atoms with Crippen molar-refractivity contribution in [2.75, 3.05) is 58.3 Å². The van der Waals surface area contributed by atoms with Crippen molar-refractivity contribution in [1.29, 1.82) is 0 Å². The Hall–Kier alpha value is -3.54. The predicted octanol–water partition coefficient (Wildman–Crippen LogP) is 7.21. The molecule has 7 nitrogen and oxygen atoms in total. The Bertz CT molecular complexity index is 1530. The summed E-state index contributed by atoms with van der Waals surface area (Å²) < 4.78 is 53.9. The Labute approximate surface area is 276 Å². The molecule has 1 fully saturated rings. The molecule has 4 rings (SSSR count). The van der Waals surface area contributed by atoms with Crippen molar-refractivity contribution in [3.63, 3.8) is 0 Å². The second kappa shape index (κ2) is 15.4. The number of carbonyl (C=O) groups is 2. The molecule has 1 saturated heterocycles. The van der Waals surface area contributed by atoms with E-state index in [-0.39, 0.29) is 30.1 Å². The average Bonchev–Trinajstić information content (AvgIpc) is 3.03. The van der Waals surface area contributed by atoms with Crippen LogP contribution in [0.5, 0.6) is 0 Å². The second-order valence-electron chi connectivity index (χ2n) is 11.4. The van der Waals surface area contributed by atoms with E-state index in [0.29, 0.717) is 35.1 Å². The molecule has 3 aromatic rings. The summed E-state index contributed by atoms with van der Waals surface area (Å²) in [6.45, 7) is 5.88. The van der Waals surface area contributed by atoms with Crippen LogP contribution in [0, 0.1) is 5.82 Å². The monoisotopic (exact) mass is 681 g/mol. The van der Waals surface area contributed by atoms with E-state index in [4.69, 9.17) is 23.2 Å². The van der Waals surface area contributed by atoms with Crippen molar-refractivity contribution < 1.29 is 27.2 Å². The van der Waals surface area contributed by atoms with Crippen LogP contribution in [0.15, 0.2) is 60.7 Å². The molecule has 1 heterocycles. The molecule has 1 aliphatic heterocycles. The Kier molecular flexibility index (Phi) is 11.8. The van der Waals surface area contributed by atoms with Gasteiger partial charge in [0.15, 0.2) is 0 Å². The van der Waals surface area contributed by atoms with E-state index in [2.05, 4.69) is 26.5 Å². The van der Waals surface area contributed by atoms with Crippen molar-refractivity contribution >= 4 is 40.8 Å². The van der Waals surface area contributed by atoms with Gasteiger partial charge in [-0.3, -0.25) is 9.69 Å². The molecule has 0 aromatic heterocycles. The van der Waals surface area contributed by atoms with Crippen molar-refractivity contribution in [3.05, 3.63) is 98.8 Å². The third-order valence-corrected chi connectivity index (χ3v) is 8.95. The molecule has 0 radical (unpaired) electrons. The molecule has 2 N–H and O–H groups in total. The van der Waals surface area contributed by atoms with Gasteiger partial charge in [0.25, 0.3) is 5.91 Å². The largest absolute Gasteiger partial charge is 0.416 e. The first-order chi connectivity index (χ1) is 21.8. The molecule has 1 aliphatic rings. The van der Waals surface area contributed by atoms with Gasteiger partial charge in [0, 0.05) is 64.0 Å². The molecule has 3 amide bonds. The highest BCUT2D eigenvalue weighted by atomic mass is 35.5. The number of alkyl halides is 3. The van der Waals surface area contributed by atoms with Crippen molar-refractivity contribution in [2.45, 2.75) is 31.5 Å². The maximum Gasteiger partial charge on any atom is 0.416 e. The van der Waals surface area contributed by atoms with Crippen molar-refractivity contribution in [1.82, 2.24) is 20.4 Å². The standard InChI is InChI=1S/C33H37Cl2F4N5O2/c1-21(41-32(46)40-2)27-6-4-5-7-30(27)44-14-12-43(13-15-44)11-10-23(22-8-9-28(34)29(35)18-22)20-42(3)31(45)24-16-25(33(37,38)39)19-26(36)17-24/h4-9,16-19,21,23H,10-15,20H2,1-3H3,(H2,40,41,46)/t21-,23-/m1/s1. The number of nitrogens with one attached hydrogen (secondary N) is 2. The third kappa shape index (κ3) is 9.04. The number of amides is 3. The fraction of sp³-hybridized carbons (Fsp3) is 0.394. The lowest BCUT2D eigenvalue weighted by molar-refractivity contribution is -0.137. The van der Waals surface area contributed by atoms with Crippen LogP contribution in [0.25, 0.3) is 0 Å². The second-order valence-corrected chi connectivity index (χ2v) is 12.2. The number of halogens is 6. The predicted molar refractivity (Wildman–Crippen MR) is 173 cm³/mol. The number of rotatable bonds is 10. The summed E-state index contributed by atoms with van der Waals surface area (Å²) in [6.07, 6.45) is -4.17. The minimum Gasteiger partial charge on any atom is -0.369 e. The van der Waals surface area contributed by atoms with Gasteiger partial charge in [-0.2, -0.15) is 13.2 Å². The Balaban J connectivity index is 1.44. The molecule has 0 spiro atoms. The number of hydrogen-bond donors (Lipinski definition) is 2. The molecule has 3 aromatic carbocycles. The van der Waals surface area contributed by atoms with Gasteiger partial charge in [0.05, 0.1) is 21.7 Å². The quantitative estimate of drug-likeness (QED) is 0.222. The number of piperazine rings is 1. The summed E-state index contributed by atoms with van der Waals surface area (Å²) in [5, 5.41) is 6.25. The molecule has 0 unspecified atom stereocenters. The first kappa shape index (κ1) is 35.3. The summed E-state index contributed by atoms with van der Waals surface area (Å²) in [5.74, 6) is -2.08. The van der Waals surface area contributed by atoms with E-state index in [9.17, 15) is 27.2 Å². The smallest absolute Gasteiger partial charge is 0.369 e. The lowest BCUT2D eigenvalue weighted by Crippen LogP contribution is -2.47. The molecule has 0 aliphatic carbocycles. The number of anilines is 1. The molecular formula is C33H37Cl2F4N5O2. The van der Waals surface area contributed by atoms with Crippen molar-refractivity contribution in [2.24, 2.45) is 0 Å². The summed E-state index contributed by atoms with van der Waals surface area (Å²) in [7, 11) is 3.06. The van der Waals surface area contributed by atoms with Gasteiger partial charge in [0.2, 0.25) is 0 Å². The average molecular weight is 683 g/mol. The number of nitrogens with zero attached hydrogens (tertiary/aromatic N) is 3. The Morgan fingerprint density at radius 1 is 0.978 bits per heavy atom. The van der Waals surface area contributed by atoms with Gasteiger partial charge in [-0.05, 0) is 67.4 Å². The molecule has 2 atom stereocenters. The van der Waals surface area contributed by atoms with Crippen LogP contribution in [0.4, 0.5) is 28.0 Å².